The van der Waals surface area contributed by atoms with E-state index in [4.69, 9.17) is 4.98 Å². The van der Waals surface area contributed by atoms with Crippen molar-refractivity contribution in [2.24, 2.45) is 0 Å². The molecule has 2 aromatic rings. The molecule has 2 nitrogen and oxygen atoms in total. The van der Waals surface area contributed by atoms with E-state index >= 15 is 0 Å². The van der Waals surface area contributed by atoms with Crippen LogP contribution >= 0.6 is 11.3 Å². The number of rotatable bonds is 5. The van der Waals surface area contributed by atoms with Crippen LogP contribution in [-0.2, 0) is 6.54 Å². The summed E-state index contributed by atoms with van der Waals surface area (Å²) in [4.78, 5) is 6.07. The van der Waals surface area contributed by atoms with Gasteiger partial charge in [0.1, 0.15) is 5.01 Å². The maximum absolute atomic E-state index is 4.72. The number of hydrogen-bond donors (Lipinski definition) is 1. The van der Waals surface area contributed by atoms with Crippen LogP contribution in [-0.4, -0.2) is 11.0 Å². The predicted octanol–water partition coefficient (Wildman–Crippen LogP) is 4.32. The van der Waals surface area contributed by atoms with Crippen molar-refractivity contribution in [1.29, 1.82) is 0 Å². The molecule has 1 atom stereocenters. The van der Waals surface area contributed by atoms with Crippen molar-refractivity contribution in [2.75, 3.05) is 0 Å². The molecule has 3 heteroatoms. The van der Waals surface area contributed by atoms with E-state index in [1.54, 1.807) is 11.3 Å². The minimum atomic E-state index is 0.559. The Morgan fingerprint density at radius 1 is 1.26 bits per heavy atom. The monoisotopic (exact) mass is 274 g/mol. The summed E-state index contributed by atoms with van der Waals surface area (Å²) in [5.74, 6) is 0. The van der Waals surface area contributed by atoms with Gasteiger partial charge in [0.05, 0.1) is 5.69 Å². The summed E-state index contributed by atoms with van der Waals surface area (Å²) < 4.78 is 0. The van der Waals surface area contributed by atoms with Crippen molar-refractivity contribution in [3.63, 3.8) is 0 Å². The molecule has 0 aliphatic carbocycles. The Hall–Kier alpha value is -1.19. The molecule has 0 bridgehead atoms. The number of aryl methyl sites for hydroxylation is 2. The fourth-order valence-corrected chi connectivity index (χ4v) is 3.04. The summed E-state index contributed by atoms with van der Waals surface area (Å²) in [7, 11) is 0. The van der Waals surface area contributed by atoms with Crippen molar-refractivity contribution < 1.29 is 0 Å². The van der Waals surface area contributed by atoms with E-state index < -0.39 is 0 Å². The number of hydrogen-bond acceptors (Lipinski definition) is 3. The molecular weight excluding hydrogens is 252 g/mol. The molecule has 0 spiro atoms. The van der Waals surface area contributed by atoms with Gasteiger partial charge in [-0.3, -0.25) is 0 Å². The fraction of sp³-hybridized carbons (Fsp3) is 0.438. The summed E-state index contributed by atoms with van der Waals surface area (Å²) in [6.07, 6.45) is 1.16. The van der Waals surface area contributed by atoms with Gasteiger partial charge in [0.2, 0.25) is 0 Å². The van der Waals surface area contributed by atoms with Gasteiger partial charge in [-0.2, -0.15) is 0 Å². The molecule has 0 saturated carbocycles. The molecule has 19 heavy (non-hydrogen) atoms. The number of nitrogens with one attached hydrogen (secondary N) is 1. The molecule has 0 fully saturated rings. The standard InChI is InChI=1S/C16H22N2S/c1-5-12(3)17-10-15-13(4)18-16(19-15)14-9-7-6-8-11(14)2/h6-9,12,17H,5,10H2,1-4H3. The first-order valence-corrected chi connectivity index (χ1v) is 7.69. The van der Waals surface area contributed by atoms with E-state index in [1.807, 2.05) is 0 Å². The summed E-state index contributed by atoms with van der Waals surface area (Å²) in [6.45, 7) is 9.59. The highest BCUT2D eigenvalue weighted by atomic mass is 32.1. The van der Waals surface area contributed by atoms with Gasteiger partial charge in [-0.1, -0.05) is 31.2 Å². The highest BCUT2D eigenvalue weighted by Crippen LogP contribution is 2.29. The van der Waals surface area contributed by atoms with Crippen molar-refractivity contribution in [2.45, 2.75) is 46.7 Å². The molecule has 1 aromatic carbocycles. The van der Waals surface area contributed by atoms with Gasteiger partial charge in [0.25, 0.3) is 0 Å². The average molecular weight is 274 g/mol. The molecule has 1 N–H and O–H groups in total. The zero-order chi connectivity index (χ0) is 13.8. The van der Waals surface area contributed by atoms with E-state index in [2.05, 4.69) is 57.3 Å². The second-order valence-electron chi connectivity index (χ2n) is 5.03. The molecule has 0 aliphatic rings. The number of nitrogens with zero attached hydrogens (tertiary/aromatic N) is 1. The quantitative estimate of drug-likeness (QED) is 0.878. The first-order valence-electron chi connectivity index (χ1n) is 6.87. The maximum Gasteiger partial charge on any atom is 0.124 e. The van der Waals surface area contributed by atoms with Crippen LogP contribution < -0.4 is 5.32 Å². The molecule has 0 amide bonds. The van der Waals surface area contributed by atoms with Crippen LogP contribution in [0, 0.1) is 13.8 Å². The van der Waals surface area contributed by atoms with Gasteiger partial charge in [-0.05, 0) is 32.8 Å². The first kappa shape index (κ1) is 14.2. The second-order valence-corrected chi connectivity index (χ2v) is 6.12. The Labute approximate surface area is 119 Å². The molecule has 0 radical (unpaired) electrons. The Kier molecular flexibility index (Phi) is 4.72. The number of thiazole rings is 1. The number of aromatic nitrogens is 1. The first-order chi connectivity index (χ1) is 9.11. The lowest BCUT2D eigenvalue weighted by atomic mass is 10.1. The lowest BCUT2D eigenvalue weighted by Gasteiger charge is -2.09. The van der Waals surface area contributed by atoms with Crippen LogP contribution in [0.3, 0.4) is 0 Å². The Morgan fingerprint density at radius 2 is 2.00 bits per heavy atom. The van der Waals surface area contributed by atoms with Gasteiger partial charge in [-0.25, -0.2) is 4.98 Å². The smallest absolute Gasteiger partial charge is 0.124 e. The van der Waals surface area contributed by atoms with E-state index in [0.717, 1.165) is 23.7 Å². The molecule has 0 saturated heterocycles. The van der Waals surface area contributed by atoms with Crippen molar-refractivity contribution in [3.05, 3.63) is 40.4 Å². The van der Waals surface area contributed by atoms with Crippen LogP contribution in [0.15, 0.2) is 24.3 Å². The topological polar surface area (TPSA) is 24.9 Å². The summed E-state index contributed by atoms with van der Waals surface area (Å²) in [6, 6.07) is 9.01. The highest BCUT2D eigenvalue weighted by Gasteiger charge is 2.11. The van der Waals surface area contributed by atoms with Crippen LogP contribution in [0.25, 0.3) is 10.6 Å². The van der Waals surface area contributed by atoms with E-state index in [-0.39, 0.29) is 0 Å². The van der Waals surface area contributed by atoms with Gasteiger partial charge in [-0.15, -0.1) is 11.3 Å². The lowest BCUT2D eigenvalue weighted by Crippen LogP contribution is -2.24. The minimum Gasteiger partial charge on any atom is -0.309 e. The fourth-order valence-electron chi connectivity index (χ4n) is 1.93. The van der Waals surface area contributed by atoms with Crippen LogP contribution in [0.2, 0.25) is 0 Å². The number of benzene rings is 1. The van der Waals surface area contributed by atoms with E-state index in [0.29, 0.717) is 6.04 Å². The normalized spacial score (nSPS) is 12.6. The van der Waals surface area contributed by atoms with E-state index in [9.17, 15) is 0 Å². The molecular formula is C16H22N2S. The molecule has 1 aromatic heterocycles. The second kappa shape index (κ2) is 6.31. The third-order valence-corrected chi connectivity index (χ3v) is 4.68. The van der Waals surface area contributed by atoms with Crippen LogP contribution in [0.5, 0.6) is 0 Å². The third kappa shape index (κ3) is 3.43. The van der Waals surface area contributed by atoms with Gasteiger partial charge in [0.15, 0.2) is 0 Å². The molecule has 2 rings (SSSR count). The van der Waals surface area contributed by atoms with Crippen LogP contribution in [0.1, 0.15) is 36.4 Å². The molecule has 1 heterocycles. The molecule has 1 unspecified atom stereocenters. The average Bonchev–Trinajstić information content (AvgIpc) is 2.77. The zero-order valence-corrected chi connectivity index (χ0v) is 13.0. The van der Waals surface area contributed by atoms with Crippen molar-refractivity contribution >= 4 is 11.3 Å². The largest absolute Gasteiger partial charge is 0.309 e. The molecule has 102 valence electrons. The van der Waals surface area contributed by atoms with Crippen LogP contribution in [0.4, 0.5) is 0 Å². The van der Waals surface area contributed by atoms with Gasteiger partial charge in [0, 0.05) is 23.0 Å². The lowest BCUT2D eigenvalue weighted by molar-refractivity contribution is 0.536. The minimum absolute atomic E-state index is 0.559. The predicted molar refractivity (Wildman–Crippen MR) is 83.6 cm³/mol. The Balaban J connectivity index is 2.19. The summed E-state index contributed by atoms with van der Waals surface area (Å²) in [5.41, 5.74) is 3.70. The summed E-state index contributed by atoms with van der Waals surface area (Å²) >= 11 is 1.81. The van der Waals surface area contributed by atoms with Gasteiger partial charge >= 0.3 is 0 Å². The highest BCUT2D eigenvalue weighted by molar-refractivity contribution is 7.15. The summed E-state index contributed by atoms with van der Waals surface area (Å²) in [5, 5.41) is 4.67. The molecule has 0 aliphatic heterocycles. The van der Waals surface area contributed by atoms with Crippen molar-refractivity contribution in [3.8, 4) is 10.6 Å². The maximum atomic E-state index is 4.72. The van der Waals surface area contributed by atoms with E-state index in [1.165, 1.54) is 16.0 Å². The third-order valence-electron chi connectivity index (χ3n) is 3.49. The Morgan fingerprint density at radius 3 is 2.68 bits per heavy atom. The Bertz CT molecular complexity index is 545. The SMILES string of the molecule is CCC(C)NCc1sc(-c2ccccc2C)nc1C. The van der Waals surface area contributed by atoms with Gasteiger partial charge < -0.3 is 5.32 Å². The van der Waals surface area contributed by atoms with Crippen molar-refractivity contribution in [1.82, 2.24) is 10.3 Å². The zero-order valence-electron chi connectivity index (χ0n) is 12.2.